The number of aromatic nitrogens is 2. The molecule has 0 radical (unpaired) electrons. The largest absolute Gasteiger partial charge is 0.311 e. The first-order valence-corrected chi connectivity index (χ1v) is 8.19. The number of nitrogens with zero attached hydrogens (tertiary/aromatic N) is 2. The van der Waals surface area contributed by atoms with Crippen LogP contribution in [0.25, 0.3) is 0 Å². The molecular weight excluding hydrogens is 264 g/mol. The number of hydrogen-bond donors (Lipinski definition) is 2. The van der Waals surface area contributed by atoms with Crippen LogP contribution in [-0.4, -0.2) is 48.1 Å². The van der Waals surface area contributed by atoms with E-state index in [-0.39, 0.29) is 12.1 Å². The molecule has 2 unspecified atom stereocenters. The van der Waals surface area contributed by atoms with Gasteiger partial charge in [-0.2, -0.15) is 9.40 Å². The van der Waals surface area contributed by atoms with Crippen molar-refractivity contribution in [3.8, 4) is 0 Å². The molecule has 1 aromatic heterocycles. The summed E-state index contributed by atoms with van der Waals surface area (Å²) in [5.74, 6) is 0. The number of H-pyrrole nitrogens is 1. The molecule has 1 aromatic rings. The maximum atomic E-state index is 12.7. The Labute approximate surface area is 114 Å². The van der Waals surface area contributed by atoms with Crippen molar-refractivity contribution in [2.45, 2.75) is 50.6 Å². The normalized spacial score (nSPS) is 25.6. The molecule has 1 saturated heterocycles. The second-order valence-corrected chi connectivity index (χ2v) is 6.87. The molecule has 0 spiro atoms. The van der Waals surface area contributed by atoms with Gasteiger partial charge in [0, 0.05) is 25.2 Å². The summed E-state index contributed by atoms with van der Waals surface area (Å²) in [5, 5.41) is 9.93. The molecule has 2 atom stereocenters. The number of nitrogens with one attached hydrogen (secondary N) is 2. The van der Waals surface area contributed by atoms with Crippen LogP contribution in [-0.2, 0) is 10.0 Å². The lowest BCUT2D eigenvalue weighted by Gasteiger charge is -2.38. The third-order valence-electron chi connectivity index (χ3n) is 3.78. The first kappa shape index (κ1) is 14.5. The molecule has 19 heavy (non-hydrogen) atoms. The van der Waals surface area contributed by atoms with Crippen molar-refractivity contribution in [3.63, 3.8) is 0 Å². The van der Waals surface area contributed by atoms with Crippen LogP contribution in [0.4, 0.5) is 0 Å². The zero-order chi connectivity index (χ0) is 14.0. The molecule has 0 amide bonds. The van der Waals surface area contributed by atoms with Gasteiger partial charge < -0.3 is 5.32 Å². The highest BCUT2D eigenvalue weighted by atomic mass is 32.2. The summed E-state index contributed by atoms with van der Waals surface area (Å²) < 4.78 is 27.1. The monoisotopic (exact) mass is 286 g/mol. The van der Waals surface area contributed by atoms with Crippen LogP contribution >= 0.6 is 0 Å². The quantitative estimate of drug-likeness (QED) is 0.861. The van der Waals surface area contributed by atoms with Gasteiger partial charge in [-0.3, -0.25) is 5.10 Å². The summed E-state index contributed by atoms with van der Waals surface area (Å²) in [6.07, 6.45) is 3.13. The van der Waals surface area contributed by atoms with E-state index in [0.717, 1.165) is 12.8 Å². The fourth-order valence-electron chi connectivity index (χ4n) is 2.48. The summed E-state index contributed by atoms with van der Waals surface area (Å²) >= 11 is 0. The number of aromatic amines is 1. The van der Waals surface area contributed by atoms with Gasteiger partial charge in [-0.25, -0.2) is 8.42 Å². The van der Waals surface area contributed by atoms with Crippen molar-refractivity contribution in [1.29, 1.82) is 0 Å². The molecule has 1 aliphatic rings. The van der Waals surface area contributed by atoms with Crippen molar-refractivity contribution in [2.75, 3.05) is 13.1 Å². The Hall–Kier alpha value is -0.920. The van der Waals surface area contributed by atoms with E-state index in [1.165, 1.54) is 6.20 Å². The van der Waals surface area contributed by atoms with Gasteiger partial charge in [0.25, 0.3) is 0 Å². The second kappa shape index (κ2) is 5.60. The first-order valence-electron chi connectivity index (χ1n) is 6.75. The van der Waals surface area contributed by atoms with Crippen LogP contribution in [0.15, 0.2) is 11.1 Å². The van der Waals surface area contributed by atoms with Crippen LogP contribution in [0, 0.1) is 6.92 Å². The first-order chi connectivity index (χ1) is 9.00. The summed E-state index contributed by atoms with van der Waals surface area (Å²) in [6.45, 7) is 7.06. The van der Waals surface area contributed by atoms with Gasteiger partial charge in [0.15, 0.2) is 0 Å². The molecule has 108 valence electrons. The van der Waals surface area contributed by atoms with Gasteiger partial charge in [0.1, 0.15) is 4.90 Å². The number of sulfonamides is 1. The van der Waals surface area contributed by atoms with E-state index in [4.69, 9.17) is 0 Å². The number of aryl methyl sites for hydroxylation is 1. The maximum absolute atomic E-state index is 12.7. The summed E-state index contributed by atoms with van der Waals surface area (Å²) in [7, 11) is -3.45. The van der Waals surface area contributed by atoms with E-state index < -0.39 is 10.0 Å². The summed E-state index contributed by atoms with van der Waals surface area (Å²) in [6, 6.07) is 0.242. The molecule has 2 N–H and O–H groups in total. The van der Waals surface area contributed by atoms with Crippen LogP contribution in [0.1, 0.15) is 32.4 Å². The highest BCUT2D eigenvalue weighted by molar-refractivity contribution is 7.89. The maximum Gasteiger partial charge on any atom is 0.246 e. The van der Waals surface area contributed by atoms with E-state index in [9.17, 15) is 8.42 Å². The van der Waals surface area contributed by atoms with Crippen LogP contribution in [0.5, 0.6) is 0 Å². The lowest BCUT2D eigenvalue weighted by atomic mass is 10.1. The van der Waals surface area contributed by atoms with Crippen LogP contribution < -0.4 is 5.32 Å². The molecular formula is C12H22N4O2S. The van der Waals surface area contributed by atoms with Gasteiger partial charge in [0.2, 0.25) is 10.0 Å². The van der Waals surface area contributed by atoms with E-state index in [2.05, 4.69) is 22.4 Å². The Morgan fingerprint density at radius 3 is 2.68 bits per heavy atom. The zero-order valence-electron chi connectivity index (χ0n) is 11.7. The third-order valence-corrected chi connectivity index (χ3v) is 5.82. The molecule has 1 aliphatic heterocycles. The fourth-order valence-corrected chi connectivity index (χ4v) is 4.34. The fraction of sp³-hybridized carbons (Fsp3) is 0.750. The predicted molar refractivity (Wildman–Crippen MR) is 73.4 cm³/mol. The number of rotatable bonds is 4. The van der Waals surface area contributed by atoms with Gasteiger partial charge >= 0.3 is 0 Å². The number of piperazine rings is 1. The molecule has 2 heterocycles. The van der Waals surface area contributed by atoms with Gasteiger partial charge in [0.05, 0.1) is 11.9 Å². The van der Waals surface area contributed by atoms with Gasteiger partial charge in [-0.05, 0) is 19.8 Å². The minimum atomic E-state index is -3.45. The smallest absolute Gasteiger partial charge is 0.246 e. The van der Waals surface area contributed by atoms with E-state index in [1.54, 1.807) is 11.2 Å². The highest BCUT2D eigenvalue weighted by Crippen LogP contribution is 2.23. The Kier molecular flexibility index (Phi) is 4.27. The lowest BCUT2D eigenvalue weighted by molar-refractivity contribution is 0.215. The minimum absolute atomic E-state index is 0.0158. The Morgan fingerprint density at radius 1 is 1.42 bits per heavy atom. The summed E-state index contributed by atoms with van der Waals surface area (Å²) in [4.78, 5) is 0.294. The third kappa shape index (κ3) is 2.68. The molecule has 1 fully saturated rings. The zero-order valence-corrected chi connectivity index (χ0v) is 12.5. The molecule has 0 bridgehead atoms. The van der Waals surface area contributed by atoms with Gasteiger partial charge in [-0.15, -0.1) is 0 Å². The molecule has 0 aliphatic carbocycles. The van der Waals surface area contributed by atoms with Crippen molar-refractivity contribution >= 4 is 10.0 Å². The average Bonchev–Trinajstić information content (AvgIpc) is 2.85. The summed E-state index contributed by atoms with van der Waals surface area (Å²) in [5.41, 5.74) is 0.599. The van der Waals surface area contributed by atoms with Gasteiger partial charge in [-0.1, -0.05) is 13.8 Å². The topological polar surface area (TPSA) is 78.1 Å². The molecule has 0 saturated carbocycles. The minimum Gasteiger partial charge on any atom is -0.311 e. The highest BCUT2D eigenvalue weighted by Gasteiger charge is 2.36. The number of hydrogen-bond acceptors (Lipinski definition) is 4. The Bertz CT molecular complexity index is 526. The second-order valence-electron chi connectivity index (χ2n) is 5.01. The van der Waals surface area contributed by atoms with E-state index in [0.29, 0.717) is 23.7 Å². The van der Waals surface area contributed by atoms with Crippen molar-refractivity contribution in [1.82, 2.24) is 19.8 Å². The Morgan fingerprint density at radius 2 is 2.16 bits per heavy atom. The molecule has 2 rings (SSSR count). The van der Waals surface area contributed by atoms with E-state index >= 15 is 0 Å². The SMILES string of the molecule is CCC1CN(S(=O)(=O)c2cn[nH]c2C)C(CC)CN1. The Balaban J connectivity index is 2.33. The standard InChI is InChI=1S/C12H22N4O2S/c1-4-10-8-16(11(5-2)6-13-10)19(17,18)12-7-14-15-9(12)3/h7,10-11,13H,4-6,8H2,1-3H3,(H,14,15). The average molecular weight is 286 g/mol. The van der Waals surface area contributed by atoms with Crippen molar-refractivity contribution in [3.05, 3.63) is 11.9 Å². The van der Waals surface area contributed by atoms with Crippen molar-refractivity contribution in [2.24, 2.45) is 0 Å². The molecule has 7 heteroatoms. The predicted octanol–water partition coefficient (Wildman–Crippen LogP) is 0.869. The molecule has 0 aromatic carbocycles. The lowest BCUT2D eigenvalue weighted by Crippen LogP contribution is -2.57. The van der Waals surface area contributed by atoms with Crippen LogP contribution in [0.3, 0.4) is 0 Å². The van der Waals surface area contributed by atoms with Crippen molar-refractivity contribution < 1.29 is 8.42 Å². The van der Waals surface area contributed by atoms with E-state index in [1.807, 2.05) is 6.92 Å². The van der Waals surface area contributed by atoms with Crippen LogP contribution in [0.2, 0.25) is 0 Å². The molecule has 6 nitrogen and oxygen atoms in total.